The molecule has 0 atom stereocenters. The first-order valence-electron chi connectivity index (χ1n) is 11.2. The minimum atomic E-state index is -4.15. The summed E-state index contributed by atoms with van der Waals surface area (Å²) in [6.07, 6.45) is 5.90. The number of amides is 1. The molecule has 5 rings (SSSR count). The van der Waals surface area contributed by atoms with E-state index in [1.807, 2.05) is 6.07 Å². The Kier molecular flexibility index (Phi) is 7.08. The number of carbonyl (C=O) groups excluding carboxylic acids is 1. The number of nitrogens with one attached hydrogen (secondary N) is 2. The summed E-state index contributed by atoms with van der Waals surface area (Å²) >= 11 is 12.0. The SMILES string of the molecule is Nc1c(-c2ccc(NS(=O)(=O)c3cccc(Cl)c3Cl)cc2F)cnc2c(C(=O)NCc3cccnc3)cnn12. The van der Waals surface area contributed by atoms with Crippen LogP contribution in [-0.4, -0.2) is 33.9 Å². The second-order valence-electron chi connectivity index (χ2n) is 8.25. The summed E-state index contributed by atoms with van der Waals surface area (Å²) in [5.74, 6) is -1.16. The predicted molar refractivity (Wildman–Crippen MR) is 145 cm³/mol. The second kappa shape index (κ2) is 10.5. The highest BCUT2D eigenvalue weighted by atomic mass is 35.5. The maximum atomic E-state index is 15.2. The lowest BCUT2D eigenvalue weighted by Gasteiger charge is -2.12. The van der Waals surface area contributed by atoms with Gasteiger partial charge in [0.15, 0.2) is 5.65 Å². The van der Waals surface area contributed by atoms with Crippen molar-refractivity contribution in [3.63, 3.8) is 0 Å². The van der Waals surface area contributed by atoms with E-state index < -0.39 is 21.7 Å². The molecule has 39 heavy (non-hydrogen) atoms. The van der Waals surface area contributed by atoms with Crippen LogP contribution in [0.4, 0.5) is 15.9 Å². The van der Waals surface area contributed by atoms with Crippen molar-refractivity contribution in [1.82, 2.24) is 24.9 Å². The fourth-order valence-electron chi connectivity index (χ4n) is 3.80. The number of fused-ring (bicyclic) bond motifs is 1. The molecule has 5 aromatic rings. The predicted octanol–water partition coefficient (Wildman–Crippen LogP) is 4.55. The van der Waals surface area contributed by atoms with Crippen LogP contribution in [0.1, 0.15) is 15.9 Å². The molecule has 0 saturated carbocycles. The molecule has 2 aromatic carbocycles. The number of sulfonamides is 1. The Balaban J connectivity index is 1.40. The highest BCUT2D eigenvalue weighted by molar-refractivity contribution is 7.92. The molecule has 3 aromatic heterocycles. The fourth-order valence-corrected chi connectivity index (χ4v) is 5.61. The van der Waals surface area contributed by atoms with E-state index in [0.717, 1.165) is 11.6 Å². The van der Waals surface area contributed by atoms with Crippen molar-refractivity contribution in [2.24, 2.45) is 0 Å². The van der Waals surface area contributed by atoms with Crippen molar-refractivity contribution in [1.29, 1.82) is 0 Å². The van der Waals surface area contributed by atoms with Gasteiger partial charge in [-0.05, 0) is 42.0 Å². The molecule has 10 nitrogen and oxygen atoms in total. The molecular weight excluding hydrogens is 568 g/mol. The van der Waals surface area contributed by atoms with Crippen LogP contribution in [0.25, 0.3) is 16.8 Å². The normalized spacial score (nSPS) is 11.5. The Morgan fingerprint density at radius 3 is 2.62 bits per heavy atom. The van der Waals surface area contributed by atoms with Crippen LogP contribution in [0.3, 0.4) is 0 Å². The van der Waals surface area contributed by atoms with Crippen LogP contribution < -0.4 is 15.8 Å². The summed E-state index contributed by atoms with van der Waals surface area (Å²) in [5.41, 5.74) is 7.63. The van der Waals surface area contributed by atoms with Crippen molar-refractivity contribution in [2.75, 3.05) is 10.5 Å². The van der Waals surface area contributed by atoms with E-state index in [-0.39, 0.29) is 55.3 Å². The Labute approximate surface area is 231 Å². The Bertz CT molecular complexity index is 1830. The maximum Gasteiger partial charge on any atom is 0.263 e. The number of halogens is 3. The fraction of sp³-hybridized carbons (Fsp3) is 0.0400. The Morgan fingerprint density at radius 2 is 1.87 bits per heavy atom. The number of aromatic nitrogens is 4. The molecule has 0 unspecified atom stereocenters. The van der Waals surface area contributed by atoms with E-state index in [9.17, 15) is 13.2 Å². The maximum absolute atomic E-state index is 15.2. The number of hydrogen-bond acceptors (Lipinski definition) is 7. The smallest absolute Gasteiger partial charge is 0.263 e. The van der Waals surface area contributed by atoms with Crippen LogP contribution in [0.5, 0.6) is 0 Å². The topological polar surface area (TPSA) is 144 Å². The van der Waals surface area contributed by atoms with Gasteiger partial charge in [-0.25, -0.2) is 17.8 Å². The summed E-state index contributed by atoms with van der Waals surface area (Å²) in [5, 5.41) is 6.82. The number of carbonyl (C=O) groups is 1. The number of nitrogen functional groups attached to an aromatic ring is 1. The third-order valence-corrected chi connectivity index (χ3v) is 8.06. The van der Waals surface area contributed by atoms with Gasteiger partial charge in [-0.15, -0.1) is 0 Å². The zero-order valence-corrected chi connectivity index (χ0v) is 22.1. The van der Waals surface area contributed by atoms with Gasteiger partial charge in [0, 0.05) is 36.3 Å². The summed E-state index contributed by atoms with van der Waals surface area (Å²) in [7, 11) is -4.15. The standard InChI is InChI=1S/C25H18Cl2FN7O3S/c26-19-4-1-5-21(22(19)27)39(37,38)34-15-6-7-16(20(28)9-15)17-12-31-24-18(13-33-35(24)23(17)29)25(36)32-11-14-3-2-8-30-10-14/h1-10,12-13,34H,11,29H2,(H,32,36). The van der Waals surface area contributed by atoms with Gasteiger partial charge in [-0.1, -0.05) is 35.3 Å². The largest absolute Gasteiger partial charge is 0.383 e. The molecule has 0 aliphatic carbocycles. The van der Waals surface area contributed by atoms with E-state index in [4.69, 9.17) is 28.9 Å². The highest BCUT2D eigenvalue weighted by Gasteiger charge is 2.22. The van der Waals surface area contributed by atoms with Crippen molar-refractivity contribution in [2.45, 2.75) is 11.4 Å². The Hall–Kier alpha value is -4.26. The van der Waals surface area contributed by atoms with E-state index >= 15 is 4.39 Å². The third-order valence-electron chi connectivity index (χ3n) is 5.70. The van der Waals surface area contributed by atoms with Gasteiger partial charge in [-0.3, -0.25) is 14.5 Å². The van der Waals surface area contributed by atoms with E-state index in [1.165, 1.54) is 47.2 Å². The second-order valence-corrected chi connectivity index (χ2v) is 10.7. The van der Waals surface area contributed by atoms with E-state index in [0.29, 0.717) is 0 Å². The van der Waals surface area contributed by atoms with Crippen molar-refractivity contribution in [3.8, 4) is 11.1 Å². The molecule has 198 valence electrons. The molecule has 0 bridgehead atoms. The zero-order chi connectivity index (χ0) is 27.7. The van der Waals surface area contributed by atoms with Gasteiger partial charge < -0.3 is 11.1 Å². The van der Waals surface area contributed by atoms with E-state index in [1.54, 1.807) is 18.5 Å². The van der Waals surface area contributed by atoms with Gasteiger partial charge in [-0.2, -0.15) is 9.61 Å². The molecule has 3 heterocycles. The van der Waals surface area contributed by atoms with Crippen molar-refractivity contribution < 1.29 is 17.6 Å². The minimum absolute atomic E-state index is 0.0317. The summed E-state index contributed by atoms with van der Waals surface area (Å²) in [6.45, 7) is 0.252. The van der Waals surface area contributed by atoms with Crippen LogP contribution >= 0.6 is 23.2 Å². The number of anilines is 2. The van der Waals surface area contributed by atoms with Gasteiger partial charge in [0.25, 0.3) is 15.9 Å². The average molecular weight is 586 g/mol. The summed E-state index contributed by atoms with van der Waals surface area (Å²) < 4.78 is 44.2. The van der Waals surface area contributed by atoms with Crippen LogP contribution in [0.15, 0.2) is 78.2 Å². The number of benzene rings is 2. The molecule has 14 heteroatoms. The summed E-state index contributed by atoms with van der Waals surface area (Å²) in [6, 6.07) is 11.4. The average Bonchev–Trinajstić information content (AvgIpc) is 3.35. The lowest BCUT2D eigenvalue weighted by molar-refractivity contribution is 0.0952. The minimum Gasteiger partial charge on any atom is -0.383 e. The van der Waals surface area contributed by atoms with Gasteiger partial charge in [0.2, 0.25) is 0 Å². The number of nitrogens with two attached hydrogens (primary N) is 1. The molecule has 0 aliphatic rings. The van der Waals surface area contributed by atoms with Crippen LogP contribution in [0.2, 0.25) is 10.0 Å². The lowest BCUT2D eigenvalue weighted by Crippen LogP contribution is -2.23. The monoisotopic (exact) mass is 585 g/mol. The number of rotatable bonds is 7. The first kappa shape index (κ1) is 26.4. The molecule has 1 amide bonds. The quantitative estimate of drug-likeness (QED) is 0.254. The van der Waals surface area contributed by atoms with E-state index in [2.05, 4.69) is 25.1 Å². The van der Waals surface area contributed by atoms with Crippen LogP contribution in [-0.2, 0) is 16.6 Å². The van der Waals surface area contributed by atoms with Gasteiger partial charge in [0.05, 0.1) is 21.9 Å². The molecule has 0 spiro atoms. The molecule has 0 radical (unpaired) electrons. The molecule has 0 aliphatic heterocycles. The van der Waals surface area contributed by atoms with Gasteiger partial charge in [0.1, 0.15) is 22.1 Å². The zero-order valence-electron chi connectivity index (χ0n) is 19.8. The van der Waals surface area contributed by atoms with Crippen LogP contribution in [0, 0.1) is 5.82 Å². The number of pyridine rings is 1. The first-order chi connectivity index (χ1) is 18.7. The summed E-state index contributed by atoms with van der Waals surface area (Å²) in [4.78, 5) is 20.7. The molecule has 0 fully saturated rings. The molecular formula is C25H18Cl2FN7O3S. The highest BCUT2D eigenvalue weighted by Crippen LogP contribution is 2.33. The van der Waals surface area contributed by atoms with Crippen molar-refractivity contribution in [3.05, 3.63) is 100 Å². The third kappa shape index (κ3) is 5.21. The Morgan fingerprint density at radius 1 is 1.05 bits per heavy atom. The number of nitrogens with zero attached hydrogens (tertiary/aromatic N) is 4. The molecule has 0 saturated heterocycles. The van der Waals surface area contributed by atoms with Gasteiger partial charge >= 0.3 is 0 Å². The number of hydrogen-bond donors (Lipinski definition) is 3. The first-order valence-corrected chi connectivity index (χ1v) is 13.5. The lowest BCUT2D eigenvalue weighted by atomic mass is 10.1. The van der Waals surface area contributed by atoms with Crippen molar-refractivity contribution >= 4 is 56.3 Å². The molecule has 4 N–H and O–H groups in total.